The van der Waals surface area contributed by atoms with Crippen LogP contribution in [0.2, 0.25) is 0 Å². The summed E-state index contributed by atoms with van der Waals surface area (Å²) in [5, 5.41) is 0. The van der Waals surface area contributed by atoms with E-state index in [4.69, 9.17) is 4.74 Å². The Balaban J connectivity index is 2.21. The molecule has 0 saturated heterocycles. The van der Waals surface area contributed by atoms with Gasteiger partial charge in [0.1, 0.15) is 0 Å². The molecule has 2 rings (SSSR count). The van der Waals surface area contributed by atoms with E-state index in [1.807, 2.05) is 0 Å². The Kier molecular flexibility index (Phi) is 2.09. The van der Waals surface area contributed by atoms with Gasteiger partial charge in [0.2, 0.25) is 0 Å². The van der Waals surface area contributed by atoms with Gasteiger partial charge in [-0.25, -0.2) is 0 Å². The summed E-state index contributed by atoms with van der Waals surface area (Å²) in [5.41, 5.74) is 1.69. The molecule has 0 N–H and O–H groups in total. The molecule has 0 spiro atoms. The molecule has 0 heterocycles. The molecule has 68 valence electrons. The van der Waals surface area contributed by atoms with Crippen LogP contribution in [0, 0.1) is 0 Å². The van der Waals surface area contributed by atoms with Crippen molar-refractivity contribution in [1.29, 1.82) is 0 Å². The average molecular weight is 174 g/mol. The van der Waals surface area contributed by atoms with Gasteiger partial charge in [0, 0.05) is 5.41 Å². The third-order valence-corrected chi connectivity index (χ3v) is 2.66. The summed E-state index contributed by atoms with van der Waals surface area (Å²) in [5.74, 6) is 0. The number of hydrogen-bond acceptors (Lipinski definition) is 1. The van der Waals surface area contributed by atoms with Gasteiger partial charge in [-0.2, -0.15) is 0 Å². The van der Waals surface area contributed by atoms with E-state index in [0.717, 1.165) is 0 Å². The quantitative estimate of drug-likeness (QED) is 0.640. The van der Waals surface area contributed by atoms with Crippen molar-refractivity contribution in [2.24, 2.45) is 0 Å². The Bertz CT molecular complexity index is 296. The molecule has 0 unspecified atom stereocenters. The summed E-state index contributed by atoms with van der Waals surface area (Å²) in [6.07, 6.45) is 6.45. The largest absolute Gasteiger partial charge is 0.505 e. The molecule has 0 bridgehead atoms. The topological polar surface area (TPSA) is 9.23 Å². The van der Waals surface area contributed by atoms with E-state index in [0.29, 0.717) is 0 Å². The lowest BCUT2D eigenvalue weighted by atomic mass is 9.96. The molecule has 0 radical (unpaired) electrons. The highest BCUT2D eigenvalue weighted by Gasteiger charge is 2.41. The second-order valence-corrected chi connectivity index (χ2v) is 3.56. The first kappa shape index (κ1) is 8.36. The van der Waals surface area contributed by atoms with E-state index in [-0.39, 0.29) is 5.41 Å². The SMILES string of the molecule is COC=CC1(c2ccccc2)CC1. The van der Waals surface area contributed by atoms with Gasteiger partial charge in [-0.15, -0.1) is 0 Å². The van der Waals surface area contributed by atoms with Crippen LogP contribution in [0.5, 0.6) is 0 Å². The van der Waals surface area contributed by atoms with Gasteiger partial charge in [-0.05, 0) is 24.5 Å². The summed E-state index contributed by atoms with van der Waals surface area (Å²) in [4.78, 5) is 0. The van der Waals surface area contributed by atoms with Crippen LogP contribution in [0.1, 0.15) is 18.4 Å². The number of methoxy groups -OCH3 is 1. The Morgan fingerprint density at radius 1 is 1.23 bits per heavy atom. The molecule has 1 aromatic rings. The molecule has 0 amide bonds. The molecule has 0 aliphatic heterocycles. The maximum absolute atomic E-state index is 4.96. The van der Waals surface area contributed by atoms with Crippen molar-refractivity contribution in [2.45, 2.75) is 18.3 Å². The summed E-state index contributed by atoms with van der Waals surface area (Å²) >= 11 is 0. The smallest absolute Gasteiger partial charge is 0.0793 e. The first-order valence-electron chi connectivity index (χ1n) is 4.63. The first-order valence-corrected chi connectivity index (χ1v) is 4.63. The van der Waals surface area contributed by atoms with Crippen LogP contribution in [0.3, 0.4) is 0 Å². The van der Waals surface area contributed by atoms with Gasteiger partial charge < -0.3 is 4.74 Å². The predicted octanol–water partition coefficient (Wildman–Crippen LogP) is 2.88. The molecule has 1 aliphatic rings. The zero-order valence-corrected chi connectivity index (χ0v) is 7.86. The Morgan fingerprint density at radius 3 is 2.46 bits per heavy atom. The summed E-state index contributed by atoms with van der Waals surface area (Å²) in [7, 11) is 1.69. The van der Waals surface area contributed by atoms with Gasteiger partial charge in [-0.3, -0.25) is 0 Å². The number of rotatable bonds is 3. The second-order valence-electron chi connectivity index (χ2n) is 3.56. The van der Waals surface area contributed by atoms with Crippen LogP contribution in [0.4, 0.5) is 0 Å². The highest BCUT2D eigenvalue weighted by Crippen LogP contribution is 2.49. The predicted molar refractivity (Wildman–Crippen MR) is 53.5 cm³/mol. The molecule has 1 fully saturated rings. The molecular weight excluding hydrogens is 160 g/mol. The van der Waals surface area contributed by atoms with E-state index >= 15 is 0 Å². The van der Waals surface area contributed by atoms with Gasteiger partial charge >= 0.3 is 0 Å². The van der Waals surface area contributed by atoms with Crippen LogP contribution in [0.25, 0.3) is 0 Å². The van der Waals surface area contributed by atoms with Crippen LogP contribution in [0.15, 0.2) is 42.7 Å². The molecule has 1 saturated carbocycles. The molecular formula is C12H14O. The molecule has 1 heteroatoms. The third kappa shape index (κ3) is 1.59. The van der Waals surface area contributed by atoms with Crippen molar-refractivity contribution < 1.29 is 4.74 Å². The van der Waals surface area contributed by atoms with Crippen molar-refractivity contribution in [1.82, 2.24) is 0 Å². The average Bonchev–Trinajstić information content (AvgIpc) is 2.97. The van der Waals surface area contributed by atoms with Crippen molar-refractivity contribution in [3.63, 3.8) is 0 Å². The van der Waals surface area contributed by atoms with Crippen molar-refractivity contribution in [3.05, 3.63) is 48.2 Å². The lowest BCUT2D eigenvalue weighted by Crippen LogP contribution is -2.01. The third-order valence-electron chi connectivity index (χ3n) is 2.66. The van der Waals surface area contributed by atoms with Crippen molar-refractivity contribution in [2.75, 3.05) is 7.11 Å². The van der Waals surface area contributed by atoms with Crippen LogP contribution >= 0.6 is 0 Å². The minimum atomic E-state index is 0.289. The normalized spacial score (nSPS) is 18.8. The molecule has 1 aromatic carbocycles. The van der Waals surface area contributed by atoms with E-state index in [1.54, 1.807) is 13.4 Å². The highest BCUT2D eigenvalue weighted by atomic mass is 16.5. The van der Waals surface area contributed by atoms with Crippen molar-refractivity contribution in [3.8, 4) is 0 Å². The Labute approximate surface area is 79.0 Å². The molecule has 1 nitrogen and oxygen atoms in total. The fraction of sp³-hybridized carbons (Fsp3) is 0.333. The van der Waals surface area contributed by atoms with Crippen LogP contribution < -0.4 is 0 Å². The van der Waals surface area contributed by atoms with E-state index < -0.39 is 0 Å². The molecule has 0 aromatic heterocycles. The maximum Gasteiger partial charge on any atom is 0.0793 e. The number of allylic oxidation sites excluding steroid dienone is 1. The fourth-order valence-corrected chi connectivity index (χ4v) is 1.65. The van der Waals surface area contributed by atoms with Crippen LogP contribution in [-0.4, -0.2) is 7.11 Å². The zero-order chi connectivity index (χ0) is 9.15. The van der Waals surface area contributed by atoms with E-state index in [2.05, 4.69) is 36.4 Å². The van der Waals surface area contributed by atoms with Gasteiger partial charge in [0.05, 0.1) is 13.4 Å². The molecule has 13 heavy (non-hydrogen) atoms. The van der Waals surface area contributed by atoms with Gasteiger partial charge in [0.15, 0.2) is 0 Å². The monoisotopic (exact) mass is 174 g/mol. The lowest BCUT2D eigenvalue weighted by molar-refractivity contribution is 0.335. The lowest BCUT2D eigenvalue weighted by Gasteiger charge is -2.09. The number of benzene rings is 1. The zero-order valence-electron chi connectivity index (χ0n) is 7.86. The number of hydrogen-bond donors (Lipinski definition) is 0. The van der Waals surface area contributed by atoms with Gasteiger partial charge in [-0.1, -0.05) is 30.3 Å². The van der Waals surface area contributed by atoms with Crippen molar-refractivity contribution >= 4 is 0 Å². The maximum atomic E-state index is 4.96. The fourth-order valence-electron chi connectivity index (χ4n) is 1.65. The minimum Gasteiger partial charge on any atom is -0.505 e. The molecule has 0 atom stereocenters. The molecule has 1 aliphatic carbocycles. The summed E-state index contributed by atoms with van der Waals surface area (Å²) < 4.78 is 4.96. The van der Waals surface area contributed by atoms with Gasteiger partial charge in [0.25, 0.3) is 0 Å². The summed E-state index contributed by atoms with van der Waals surface area (Å²) in [6.45, 7) is 0. The second kappa shape index (κ2) is 3.25. The van der Waals surface area contributed by atoms with Crippen LogP contribution in [-0.2, 0) is 10.2 Å². The number of ether oxygens (including phenoxy) is 1. The first-order chi connectivity index (χ1) is 6.37. The minimum absolute atomic E-state index is 0.289. The Morgan fingerprint density at radius 2 is 1.92 bits per heavy atom. The standard InChI is InChI=1S/C12H14O/c1-13-10-9-12(7-8-12)11-5-3-2-4-6-11/h2-6,9-10H,7-8H2,1H3. The van der Waals surface area contributed by atoms with E-state index in [1.165, 1.54) is 18.4 Å². The van der Waals surface area contributed by atoms with E-state index in [9.17, 15) is 0 Å². The Hall–Kier alpha value is -1.24. The summed E-state index contributed by atoms with van der Waals surface area (Å²) in [6, 6.07) is 10.6. The highest BCUT2D eigenvalue weighted by molar-refractivity contribution is 5.36.